The molecule has 100 valence electrons. The van der Waals surface area contributed by atoms with Crippen LogP contribution in [0.15, 0.2) is 42.5 Å². The minimum absolute atomic E-state index is 0.0684. The summed E-state index contributed by atoms with van der Waals surface area (Å²) in [5.41, 5.74) is 6.80. The molecule has 0 heterocycles. The van der Waals surface area contributed by atoms with E-state index in [1.807, 2.05) is 6.92 Å². The maximum atomic E-state index is 7.55. The lowest BCUT2D eigenvalue weighted by atomic mass is 10.1. The van der Waals surface area contributed by atoms with Crippen molar-refractivity contribution in [2.45, 2.75) is 13.8 Å². The highest BCUT2D eigenvalue weighted by atomic mass is 15.1. The zero-order chi connectivity index (χ0) is 13.8. The second kappa shape index (κ2) is 5.74. The molecule has 2 rings (SSSR count). The average molecular weight is 255 g/mol. The molecule has 0 fully saturated rings. The number of hydrogen-bond acceptors (Lipinski definition) is 2. The van der Waals surface area contributed by atoms with E-state index in [1.165, 1.54) is 16.5 Å². The summed E-state index contributed by atoms with van der Waals surface area (Å²) >= 11 is 0. The highest BCUT2D eigenvalue weighted by Crippen LogP contribution is 2.27. The summed E-state index contributed by atoms with van der Waals surface area (Å²) in [6.45, 7) is 5.82. The topological polar surface area (TPSA) is 53.1 Å². The van der Waals surface area contributed by atoms with Crippen LogP contribution in [0.3, 0.4) is 0 Å². The van der Waals surface area contributed by atoms with Crippen LogP contribution in [-0.2, 0) is 0 Å². The number of anilines is 1. The van der Waals surface area contributed by atoms with Gasteiger partial charge in [0.25, 0.3) is 0 Å². The molecule has 0 aliphatic rings. The van der Waals surface area contributed by atoms with Crippen LogP contribution in [0.2, 0.25) is 0 Å². The van der Waals surface area contributed by atoms with Gasteiger partial charge in [-0.2, -0.15) is 0 Å². The molecular formula is C16H21N3. The van der Waals surface area contributed by atoms with Gasteiger partial charge in [0.2, 0.25) is 0 Å². The van der Waals surface area contributed by atoms with E-state index in [1.54, 1.807) is 0 Å². The van der Waals surface area contributed by atoms with Crippen LogP contribution in [-0.4, -0.2) is 18.9 Å². The number of nitrogens with two attached hydrogens (primary N) is 1. The van der Waals surface area contributed by atoms with Crippen LogP contribution in [0.4, 0.5) is 5.69 Å². The van der Waals surface area contributed by atoms with Gasteiger partial charge in [0.15, 0.2) is 0 Å². The minimum atomic E-state index is 0.0684. The van der Waals surface area contributed by atoms with E-state index in [2.05, 4.69) is 54.3 Å². The summed E-state index contributed by atoms with van der Waals surface area (Å²) < 4.78 is 0. The Labute approximate surface area is 114 Å². The van der Waals surface area contributed by atoms with Crippen LogP contribution in [0.5, 0.6) is 0 Å². The normalized spacial score (nSPS) is 12.3. The first-order valence-corrected chi connectivity index (χ1v) is 6.70. The Bertz CT molecular complexity index is 572. The van der Waals surface area contributed by atoms with Gasteiger partial charge in [0, 0.05) is 30.1 Å². The molecule has 1 unspecified atom stereocenters. The third-order valence-electron chi connectivity index (χ3n) is 3.51. The van der Waals surface area contributed by atoms with E-state index < -0.39 is 0 Å². The number of amidine groups is 1. The molecule has 2 aromatic rings. The van der Waals surface area contributed by atoms with Gasteiger partial charge >= 0.3 is 0 Å². The summed E-state index contributed by atoms with van der Waals surface area (Å²) in [7, 11) is 0. The smallest absolute Gasteiger partial charge is 0.0952 e. The van der Waals surface area contributed by atoms with Crippen molar-refractivity contribution in [3.05, 3.63) is 42.5 Å². The second-order valence-electron chi connectivity index (χ2n) is 4.89. The summed E-state index contributed by atoms with van der Waals surface area (Å²) in [5, 5.41) is 10.0. The summed E-state index contributed by atoms with van der Waals surface area (Å²) in [5.74, 6) is 0.317. The molecule has 0 amide bonds. The third kappa shape index (κ3) is 2.87. The minimum Gasteiger partial charge on any atom is -0.387 e. The molecule has 0 aromatic heterocycles. The molecule has 2 aromatic carbocycles. The molecule has 0 saturated carbocycles. The fourth-order valence-corrected chi connectivity index (χ4v) is 2.31. The molecule has 0 radical (unpaired) electrons. The fraction of sp³-hybridized carbons (Fsp3) is 0.312. The summed E-state index contributed by atoms with van der Waals surface area (Å²) in [6.07, 6.45) is 0. The lowest BCUT2D eigenvalue weighted by Crippen LogP contribution is -2.34. The van der Waals surface area contributed by atoms with Crippen molar-refractivity contribution >= 4 is 22.3 Å². The largest absolute Gasteiger partial charge is 0.387 e. The Kier molecular flexibility index (Phi) is 4.05. The fourth-order valence-electron chi connectivity index (χ4n) is 2.31. The molecule has 19 heavy (non-hydrogen) atoms. The van der Waals surface area contributed by atoms with Gasteiger partial charge in [-0.25, -0.2) is 0 Å². The van der Waals surface area contributed by atoms with Crippen molar-refractivity contribution in [3.63, 3.8) is 0 Å². The molecule has 3 N–H and O–H groups in total. The molecule has 3 nitrogen and oxygen atoms in total. The van der Waals surface area contributed by atoms with Gasteiger partial charge in [0.1, 0.15) is 0 Å². The summed E-state index contributed by atoms with van der Waals surface area (Å²) in [4.78, 5) is 2.29. The van der Waals surface area contributed by atoms with Gasteiger partial charge in [-0.15, -0.1) is 0 Å². The molecule has 0 spiro atoms. The van der Waals surface area contributed by atoms with Gasteiger partial charge in [-0.3, -0.25) is 5.41 Å². The zero-order valence-corrected chi connectivity index (χ0v) is 11.6. The number of hydrogen-bond donors (Lipinski definition) is 2. The number of benzene rings is 2. The second-order valence-corrected chi connectivity index (χ2v) is 4.89. The van der Waals surface area contributed by atoms with E-state index in [0.29, 0.717) is 0 Å². The zero-order valence-electron chi connectivity index (χ0n) is 11.6. The Morgan fingerprint density at radius 2 is 1.89 bits per heavy atom. The van der Waals surface area contributed by atoms with Gasteiger partial charge < -0.3 is 10.6 Å². The Morgan fingerprint density at radius 1 is 1.21 bits per heavy atom. The predicted molar refractivity (Wildman–Crippen MR) is 82.9 cm³/mol. The van der Waals surface area contributed by atoms with E-state index in [0.717, 1.165) is 13.1 Å². The van der Waals surface area contributed by atoms with Gasteiger partial charge in [-0.05, 0) is 18.4 Å². The van der Waals surface area contributed by atoms with Crippen LogP contribution >= 0.6 is 0 Å². The first kappa shape index (κ1) is 13.4. The molecule has 3 heteroatoms. The lowest BCUT2D eigenvalue weighted by Gasteiger charge is -2.27. The Balaban J connectivity index is 2.38. The standard InChI is InChI=1S/C16H21N3/c1-3-19(11-12(2)16(17)18)15-10-6-8-13-7-4-5-9-14(13)15/h4-10,12H,3,11H2,1-2H3,(H3,17,18). The van der Waals surface area contributed by atoms with Crippen molar-refractivity contribution < 1.29 is 0 Å². The SMILES string of the molecule is CCN(CC(C)C(=N)N)c1cccc2ccccc12. The third-order valence-corrected chi connectivity index (χ3v) is 3.51. The lowest BCUT2D eigenvalue weighted by molar-refractivity contribution is 0.699. The maximum Gasteiger partial charge on any atom is 0.0952 e. The maximum absolute atomic E-state index is 7.55. The van der Waals surface area contributed by atoms with Crippen LogP contribution < -0.4 is 10.6 Å². The number of nitrogens with zero attached hydrogens (tertiary/aromatic N) is 1. The van der Waals surface area contributed by atoms with E-state index in [-0.39, 0.29) is 11.8 Å². The predicted octanol–water partition coefficient (Wildman–Crippen LogP) is 3.24. The Morgan fingerprint density at radius 3 is 2.58 bits per heavy atom. The van der Waals surface area contributed by atoms with Crippen LogP contribution in [0.1, 0.15) is 13.8 Å². The van der Waals surface area contributed by atoms with Crippen LogP contribution in [0, 0.1) is 11.3 Å². The molecule has 1 atom stereocenters. The monoisotopic (exact) mass is 255 g/mol. The van der Waals surface area contributed by atoms with Crippen LogP contribution in [0.25, 0.3) is 10.8 Å². The number of fused-ring (bicyclic) bond motifs is 1. The highest BCUT2D eigenvalue weighted by molar-refractivity contribution is 5.94. The molecule has 0 saturated heterocycles. The first-order chi connectivity index (χ1) is 9.13. The van der Waals surface area contributed by atoms with Gasteiger partial charge in [0.05, 0.1) is 5.84 Å². The van der Waals surface area contributed by atoms with Crippen molar-refractivity contribution in [2.75, 3.05) is 18.0 Å². The van der Waals surface area contributed by atoms with E-state index in [9.17, 15) is 0 Å². The van der Waals surface area contributed by atoms with E-state index >= 15 is 0 Å². The first-order valence-electron chi connectivity index (χ1n) is 6.70. The van der Waals surface area contributed by atoms with E-state index in [4.69, 9.17) is 11.1 Å². The quantitative estimate of drug-likeness (QED) is 0.636. The number of rotatable bonds is 5. The average Bonchev–Trinajstić information content (AvgIpc) is 2.44. The van der Waals surface area contributed by atoms with Crippen molar-refractivity contribution in [2.24, 2.45) is 11.7 Å². The highest BCUT2D eigenvalue weighted by Gasteiger charge is 2.13. The molecular weight excluding hydrogens is 234 g/mol. The molecule has 0 bridgehead atoms. The molecule has 0 aliphatic heterocycles. The summed E-state index contributed by atoms with van der Waals surface area (Å²) in [6, 6.07) is 14.7. The number of nitrogens with one attached hydrogen (secondary N) is 1. The van der Waals surface area contributed by atoms with Crippen molar-refractivity contribution in [3.8, 4) is 0 Å². The Hall–Kier alpha value is -2.03. The van der Waals surface area contributed by atoms with Crippen molar-refractivity contribution in [1.82, 2.24) is 0 Å². The van der Waals surface area contributed by atoms with Gasteiger partial charge in [-0.1, -0.05) is 43.3 Å². The molecule has 0 aliphatic carbocycles. The van der Waals surface area contributed by atoms with Crippen molar-refractivity contribution in [1.29, 1.82) is 5.41 Å².